The molecule has 1 saturated heterocycles. The zero-order chi connectivity index (χ0) is 16.1. The van der Waals surface area contributed by atoms with E-state index in [0.717, 1.165) is 0 Å². The van der Waals surface area contributed by atoms with Crippen LogP contribution in [0.5, 0.6) is 0 Å². The topological polar surface area (TPSA) is 81.0 Å². The van der Waals surface area contributed by atoms with E-state index in [9.17, 15) is 9.59 Å². The lowest BCUT2D eigenvalue weighted by Crippen LogP contribution is -2.45. The molecule has 2 aliphatic heterocycles. The quantitative estimate of drug-likeness (QED) is 0.834. The van der Waals surface area contributed by atoms with E-state index < -0.39 is 6.10 Å². The molecule has 122 valence electrons. The molecule has 1 aromatic heterocycles. The number of furan rings is 1. The lowest BCUT2D eigenvalue weighted by atomic mass is 10.2. The van der Waals surface area contributed by atoms with Crippen molar-refractivity contribution in [3.05, 3.63) is 42.2 Å². The van der Waals surface area contributed by atoms with E-state index in [1.807, 2.05) is 0 Å². The third-order valence-electron chi connectivity index (χ3n) is 3.60. The molecule has 0 radical (unpaired) electrons. The van der Waals surface area contributed by atoms with Crippen molar-refractivity contribution >= 4 is 17.9 Å². The summed E-state index contributed by atoms with van der Waals surface area (Å²) in [4.78, 5) is 26.5. The number of morpholine rings is 1. The van der Waals surface area contributed by atoms with Crippen LogP contribution in [0.15, 0.2) is 40.8 Å². The van der Waals surface area contributed by atoms with Crippen LogP contribution >= 0.6 is 0 Å². The highest BCUT2D eigenvalue weighted by Gasteiger charge is 2.27. The Labute approximate surface area is 133 Å². The Morgan fingerprint density at radius 3 is 2.78 bits per heavy atom. The number of carbonyl (C=O) groups excluding carboxylic acids is 2. The number of amides is 2. The fourth-order valence-corrected chi connectivity index (χ4v) is 2.37. The fraction of sp³-hybridized carbons (Fsp3) is 0.375. The predicted molar refractivity (Wildman–Crippen MR) is 80.9 cm³/mol. The van der Waals surface area contributed by atoms with Gasteiger partial charge in [-0.3, -0.25) is 9.59 Å². The van der Waals surface area contributed by atoms with E-state index in [1.165, 1.54) is 18.6 Å². The van der Waals surface area contributed by atoms with E-state index in [-0.39, 0.29) is 17.5 Å². The fourth-order valence-electron chi connectivity index (χ4n) is 2.37. The van der Waals surface area contributed by atoms with E-state index in [0.29, 0.717) is 38.5 Å². The SMILES string of the molecule is O=C(N/C(=C\c1ccco1)C(=O)N1CCOCC1)C1CC=CO1. The molecule has 3 rings (SSSR count). The standard InChI is InChI=1S/C16H18N2O5/c19-15(14-4-2-8-23-14)17-13(11-12-3-1-7-22-12)16(20)18-5-9-21-10-6-18/h1-3,7-8,11,14H,4-6,9-10H2,(H,17,19)/b13-11-. The van der Waals surface area contributed by atoms with E-state index in [2.05, 4.69) is 5.32 Å². The average Bonchev–Trinajstić information content (AvgIpc) is 3.28. The molecule has 2 aliphatic rings. The first-order valence-corrected chi connectivity index (χ1v) is 7.47. The summed E-state index contributed by atoms with van der Waals surface area (Å²) in [7, 11) is 0. The second-order valence-electron chi connectivity index (χ2n) is 5.20. The molecule has 7 nitrogen and oxygen atoms in total. The number of nitrogens with zero attached hydrogens (tertiary/aromatic N) is 1. The smallest absolute Gasteiger partial charge is 0.270 e. The first-order valence-electron chi connectivity index (χ1n) is 7.47. The minimum absolute atomic E-state index is 0.169. The minimum atomic E-state index is -0.604. The summed E-state index contributed by atoms with van der Waals surface area (Å²) in [5.41, 5.74) is 0.169. The van der Waals surface area contributed by atoms with Crippen molar-refractivity contribution in [3.8, 4) is 0 Å². The van der Waals surface area contributed by atoms with Gasteiger partial charge in [0.25, 0.3) is 11.8 Å². The Morgan fingerprint density at radius 1 is 1.30 bits per heavy atom. The Hall–Kier alpha value is -2.54. The van der Waals surface area contributed by atoms with Gasteiger partial charge in [-0.05, 0) is 18.2 Å². The van der Waals surface area contributed by atoms with E-state index in [4.69, 9.17) is 13.9 Å². The molecule has 1 unspecified atom stereocenters. The van der Waals surface area contributed by atoms with Gasteiger partial charge in [-0.2, -0.15) is 0 Å². The van der Waals surface area contributed by atoms with Gasteiger partial charge in [0.15, 0.2) is 6.10 Å². The number of carbonyl (C=O) groups is 2. The van der Waals surface area contributed by atoms with Gasteiger partial charge in [0, 0.05) is 25.6 Å². The zero-order valence-corrected chi connectivity index (χ0v) is 12.6. The summed E-state index contributed by atoms with van der Waals surface area (Å²) in [6, 6.07) is 3.43. The van der Waals surface area contributed by atoms with E-state index in [1.54, 1.807) is 23.1 Å². The van der Waals surface area contributed by atoms with Crippen LogP contribution in [0.25, 0.3) is 6.08 Å². The zero-order valence-electron chi connectivity index (χ0n) is 12.6. The molecule has 0 aromatic carbocycles. The predicted octanol–water partition coefficient (Wildman–Crippen LogP) is 0.898. The van der Waals surface area contributed by atoms with Gasteiger partial charge in [0.2, 0.25) is 0 Å². The molecular weight excluding hydrogens is 300 g/mol. The van der Waals surface area contributed by atoms with Crippen molar-refractivity contribution in [1.29, 1.82) is 0 Å². The molecule has 1 atom stereocenters. The van der Waals surface area contributed by atoms with Crippen LogP contribution in [0, 0.1) is 0 Å². The van der Waals surface area contributed by atoms with Gasteiger partial charge < -0.3 is 24.1 Å². The van der Waals surface area contributed by atoms with Crippen molar-refractivity contribution in [2.24, 2.45) is 0 Å². The number of hydrogen-bond donors (Lipinski definition) is 1. The molecule has 0 spiro atoms. The van der Waals surface area contributed by atoms with Gasteiger partial charge in [-0.1, -0.05) is 0 Å². The molecule has 23 heavy (non-hydrogen) atoms. The van der Waals surface area contributed by atoms with Crippen molar-refractivity contribution in [2.45, 2.75) is 12.5 Å². The summed E-state index contributed by atoms with van der Waals surface area (Å²) < 4.78 is 15.7. The highest BCUT2D eigenvalue weighted by atomic mass is 16.5. The number of nitrogens with one attached hydrogen (secondary N) is 1. The second kappa shape index (κ2) is 7.15. The molecule has 0 bridgehead atoms. The van der Waals surface area contributed by atoms with Crippen LogP contribution < -0.4 is 5.32 Å². The Kier molecular flexibility index (Phi) is 4.77. The monoisotopic (exact) mass is 318 g/mol. The maximum Gasteiger partial charge on any atom is 0.270 e. The number of rotatable bonds is 4. The maximum atomic E-state index is 12.7. The summed E-state index contributed by atoms with van der Waals surface area (Å²) in [6.45, 7) is 1.96. The van der Waals surface area contributed by atoms with Crippen LogP contribution in [0.2, 0.25) is 0 Å². The van der Waals surface area contributed by atoms with Crippen molar-refractivity contribution < 1.29 is 23.5 Å². The normalized spacial score (nSPS) is 21.1. The molecular formula is C16H18N2O5. The highest BCUT2D eigenvalue weighted by Crippen LogP contribution is 2.13. The number of ether oxygens (including phenoxy) is 2. The van der Waals surface area contributed by atoms with Gasteiger partial charge in [0.1, 0.15) is 11.5 Å². The maximum absolute atomic E-state index is 12.7. The summed E-state index contributed by atoms with van der Waals surface area (Å²) in [6.07, 6.45) is 6.18. The third kappa shape index (κ3) is 3.81. The van der Waals surface area contributed by atoms with Gasteiger partial charge >= 0.3 is 0 Å². The van der Waals surface area contributed by atoms with Crippen LogP contribution in [0.1, 0.15) is 12.2 Å². The van der Waals surface area contributed by atoms with Gasteiger partial charge in [0.05, 0.1) is 25.7 Å². The van der Waals surface area contributed by atoms with Crippen molar-refractivity contribution in [2.75, 3.05) is 26.3 Å². The molecule has 3 heterocycles. The van der Waals surface area contributed by atoms with Crippen LogP contribution in [-0.2, 0) is 19.1 Å². The molecule has 1 fully saturated rings. The third-order valence-corrected chi connectivity index (χ3v) is 3.60. The lowest BCUT2D eigenvalue weighted by Gasteiger charge is -2.28. The minimum Gasteiger partial charge on any atom is -0.488 e. The highest BCUT2D eigenvalue weighted by molar-refractivity contribution is 6.01. The summed E-state index contributed by atoms with van der Waals surface area (Å²) >= 11 is 0. The summed E-state index contributed by atoms with van der Waals surface area (Å²) in [5, 5.41) is 2.66. The van der Waals surface area contributed by atoms with E-state index >= 15 is 0 Å². The molecule has 2 amide bonds. The second-order valence-corrected chi connectivity index (χ2v) is 5.20. The van der Waals surface area contributed by atoms with Crippen molar-refractivity contribution in [1.82, 2.24) is 10.2 Å². The van der Waals surface area contributed by atoms with Crippen molar-refractivity contribution in [3.63, 3.8) is 0 Å². The molecule has 0 aliphatic carbocycles. The Bertz CT molecular complexity index is 606. The summed E-state index contributed by atoms with van der Waals surface area (Å²) in [5.74, 6) is -0.120. The number of hydrogen-bond acceptors (Lipinski definition) is 5. The molecule has 7 heteroatoms. The lowest BCUT2D eigenvalue weighted by molar-refractivity contribution is -0.134. The van der Waals surface area contributed by atoms with Gasteiger partial charge in [-0.15, -0.1) is 0 Å². The Balaban J connectivity index is 1.75. The molecule has 0 saturated carbocycles. The van der Waals surface area contributed by atoms with Gasteiger partial charge in [-0.25, -0.2) is 0 Å². The van der Waals surface area contributed by atoms with Crippen LogP contribution in [0.3, 0.4) is 0 Å². The average molecular weight is 318 g/mol. The largest absolute Gasteiger partial charge is 0.488 e. The molecule has 1 aromatic rings. The first-order chi connectivity index (χ1) is 11.2. The molecule has 1 N–H and O–H groups in total. The Morgan fingerprint density at radius 2 is 2.13 bits per heavy atom. The first kappa shape index (κ1) is 15.4. The van der Waals surface area contributed by atoms with Crippen LogP contribution in [0.4, 0.5) is 0 Å². The van der Waals surface area contributed by atoms with Crippen LogP contribution in [-0.4, -0.2) is 49.1 Å².